The van der Waals surface area contributed by atoms with Gasteiger partial charge < -0.3 is 0 Å². The SMILES string of the molecule is CCC(C)C(C)C1CCCC1=O. The Morgan fingerprint density at radius 1 is 1.50 bits per heavy atom. The Labute approximate surface area is 75.5 Å². The molecule has 70 valence electrons. The van der Waals surface area contributed by atoms with E-state index in [-0.39, 0.29) is 0 Å². The topological polar surface area (TPSA) is 17.1 Å². The molecule has 0 aromatic heterocycles. The van der Waals surface area contributed by atoms with Gasteiger partial charge in [-0.05, 0) is 24.7 Å². The lowest BCUT2D eigenvalue weighted by molar-refractivity contribution is -0.122. The Morgan fingerprint density at radius 3 is 2.58 bits per heavy atom. The van der Waals surface area contributed by atoms with Crippen LogP contribution in [0.25, 0.3) is 0 Å². The molecule has 3 atom stereocenters. The molecule has 12 heavy (non-hydrogen) atoms. The van der Waals surface area contributed by atoms with Gasteiger partial charge in [0.05, 0.1) is 0 Å². The molecule has 0 N–H and O–H groups in total. The van der Waals surface area contributed by atoms with Crippen LogP contribution in [0.3, 0.4) is 0 Å². The van der Waals surface area contributed by atoms with Crippen molar-refractivity contribution in [2.24, 2.45) is 17.8 Å². The highest BCUT2D eigenvalue weighted by atomic mass is 16.1. The number of hydrogen-bond donors (Lipinski definition) is 0. The second-order valence-electron chi connectivity index (χ2n) is 4.21. The molecule has 0 radical (unpaired) electrons. The van der Waals surface area contributed by atoms with Gasteiger partial charge >= 0.3 is 0 Å². The summed E-state index contributed by atoms with van der Waals surface area (Å²) in [5.41, 5.74) is 0. The van der Waals surface area contributed by atoms with E-state index in [9.17, 15) is 4.79 Å². The summed E-state index contributed by atoms with van der Waals surface area (Å²) in [5.74, 6) is 2.21. The van der Waals surface area contributed by atoms with Gasteiger partial charge in [-0.1, -0.05) is 27.2 Å². The van der Waals surface area contributed by atoms with Crippen LogP contribution in [0.15, 0.2) is 0 Å². The predicted molar refractivity (Wildman–Crippen MR) is 51.0 cm³/mol. The number of rotatable bonds is 3. The highest BCUT2D eigenvalue weighted by molar-refractivity contribution is 5.83. The first-order valence-electron chi connectivity index (χ1n) is 5.19. The lowest BCUT2D eigenvalue weighted by Crippen LogP contribution is -2.21. The standard InChI is InChI=1S/C11H20O/c1-4-8(2)9(3)10-6-5-7-11(10)12/h8-10H,4-7H2,1-3H3. The molecule has 0 heterocycles. The molecule has 1 heteroatoms. The van der Waals surface area contributed by atoms with Crippen LogP contribution in [0.2, 0.25) is 0 Å². The van der Waals surface area contributed by atoms with E-state index in [0.29, 0.717) is 23.5 Å². The fraction of sp³-hybridized carbons (Fsp3) is 0.909. The molecule has 0 spiro atoms. The van der Waals surface area contributed by atoms with Crippen molar-refractivity contribution in [1.29, 1.82) is 0 Å². The molecule has 0 amide bonds. The summed E-state index contributed by atoms with van der Waals surface area (Å²) in [6.45, 7) is 6.71. The zero-order chi connectivity index (χ0) is 9.14. The van der Waals surface area contributed by atoms with Crippen molar-refractivity contribution in [3.05, 3.63) is 0 Å². The van der Waals surface area contributed by atoms with Gasteiger partial charge in [0.15, 0.2) is 0 Å². The molecule has 0 aliphatic heterocycles. The summed E-state index contributed by atoms with van der Waals surface area (Å²) in [6.07, 6.45) is 4.31. The quantitative estimate of drug-likeness (QED) is 0.633. The first-order valence-corrected chi connectivity index (χ1v) is 5.19. The summed E-state index contributed by atoms with van der Waals surface area (Å²) in [6, 6.07) is 0. The van der Waals surface area contributed by atoms with Crippen LogP contribution >= 0.6 is 0 Å². The van der Waals surface area contributed by atoms with Gasteiger partial charge in [0.25, 0.3) is 0 Å². The van der Waals surface area contributed by atoms with Crippen LogP contribution in [-0.2, 0) is 4.79 Å². The third-order valence-corrected chi connectivity index (χ3v) is 3.53. The maximum absolute atomic E-state index is 11.4. The van der Waals surface area contributed by atoms with Gasteiger partial charge in [-0.25, -0.2) is 0 Å². The number of ketones is 1. The third kappa shape index (κ3) is 1.88. The van der Waals surface area contributed by atoms with Crippen molar-refractivity contribution in [3.8, 4) is 0 Å². The van der Waals surface area contributed by atoms with E-state index in [1.807, 2.05) is 0 Å². The molecule has 3 unspecified atom stereocenters. The minimum atomic E-state index is 0.389. The van der Waals surface area contributed by atoms with E-state index in [4.69, 9.17) is 0 Å². The van der Waals surface area contributed by atoms with Crippen molar-refractivity contribution in [1.82, 2.24) is 0 Å². The predicted octanol–water partition coefficient (Wildman–Crippen LogP) is 3.04. The molecule has 0 saturated heterocycles. The lowest BCUT2D eigenvalue weighted by atomic mass is 9.81. The van der Waals surface area contributed by atoms with Crippen LogP contribution in [-0.4, -0.2) is 5.78 Å². The van der Waals surface area contributed by atoms with Gasteiger partial charge in [-0.3, -0.25) is 4.79 Å². The second kappa shape index (κ2) is 4.06. The van der Waals surface area contributed by atoms with E-state index in [1.165, 1.54) is 6.42 Å². The second-order valence-corrected chi connectivity index (χ2v) is 4.21. The molecule has 1 rings (SSSR count). The molecule has 1 aliphatic carbocycles. The van der Waals surface area contributed by atoms with Crippen LogP contribution in [0, 0.1) is 17.8 Å². The van der Waals surface area contributed by atoms with Crippen molar-refractivity contribution < 1.29 is 4.79 Å². The Kier molecular flexibility index (Phi) is 3.30. The Hall–Kier alpha value is -0.330. The zero-order valence-corrected chi connectivity index (χ0v) is 8.47. The molecule has 1 saturated carbocycles. The van der Waals surface area contributed by atoms with E-state index in [0.717, 1.165) is 19.3 Å². The molecule has 1 nitrogen and oxygen atoms in total. The first kappa shape index (κ1) is 9.76. The third-order valence-electron chi connectivity index (χ3n) is 3.53. The van der Waals surface area contributed by atoms with E-state index >= 15 is 0 Å². The average molecular weight is 168 g/mol. The molecule has 1 aliphatic rings. The van der Waals surface area contributed by atoms with Gasteiger partial charge in [-0.15, -0.1) is 0 Å². The van der Waals surface area contributed by atoms with Crippen LogP contribution in [0.4, 0.5) is 0 Å². The highest BCUT2D eigenvalue weighted by Gasteiger charge is 2.31. The van der Waals surface area contributed by atoms with E-state index in [1.54, 1.807) is 0 Å². The van der Waals surface area contributed by atoms with Crippen molar-refractivity contribution in [2.45, 2.75) is 46.5 Å². The Morgan fingerprint density at radius 2 is 2.17 bits per heavy atom. The van der Waals surface area contributed by atoms with Crippen molar-refractivity contribution >= 4 is 5.78 Å². The smallest absolute Gasteiger partial charge is 0.136 e. The van der Waals surface area contributed by atoms with Gasteiger partial charge in [-0.2, -0.15) is 0 Å². The molecule has 0 aromatic rings. The van der Waals surface area contributed by atoms with Gasteiger partial charge in [0.1, 0.15) is 5.78 Å². The molecule has 1 fully saturated rings. The Balaban J connectivity index is 2.51. The Bertz CT molecular complexity index is 162. The normalized spacial score (nSPS) is 28.9. The average Bonchev–Trinajstić information content (AvgIpc) is 2.48. The highest BCUT2D eigenvalue weighted by Crippen LogP contribution is 2.33. The molecule has 0 aromatic carbocycles. The number of Topliss-reactive ketones (excluding diaryl/α,β-unsaturated/α-hetero) is 1. The fourth-order valence-electron chi connectivity index (χ4n) is 2.17. The first-order chi connectivity index (χ1) is 5.66. The summed E-state index contributed by atoms with van der Waals surface area (Å²) in [4.78, 5) is 11.4. The molecular formula is C11H20O. The molecular weight excluding hydrogens is 148 g/mol. The monoisotopic (exact) mass is 168 g/mol. The van der Waals surface area contributed by atoms with Gasteiger partial charge in [0, 0.05) is 12.3 Å². The zero-order valence-electron chi connectivity index (χ0n) is 8.47. The van der Waals surface area contributed by atoms with Gasteiger partial charge in [0.2, 0.25) is 0 Å². The summed E-state index contributed by atoms with van der Waals surface area (Å²) in [5, 5.41) is 0. The lowest BCUT2D eigenvalue weighted by Gasteiger charge is -2.23. The maximum Gasteiger partial charge on any atom is 0.136 e. The van der Waals surface area contributed by atoms with Crippen LogP contribution in [0.5, 0.6) is 0 Å². The number of hydrogen-bond acceptors (Lipinski definition) is 1. The molecule has 0 bridgehead atoms. The van der Waals surface area contributed by atoms with E-state index < -0.39 is 0 Å². The maximum atomic E-state index is 11.4. The summed E-state index contributed by atoms with van der Waals surface area (Å²) < 4.78 is 0. The minimum Gasteiger partial charge on any atom is -0.299 e. The summed E-state index contributed by atoms with van der Waals surface area (Å²) in [7, 11) is 0. The fourth-order valence-corrected chi connectivity index (χ4v) is 2.17. The van der Waals surface area contributed by atoms with E-state index in [2.05, 4.69) is 20.8 Å². The number of carbonyl (C=O) groups is 1. The van der Waals surface area contributed by atoms with Crippen LogP contribution < -0.4 is 0 Å². The van der Waals surface area contributed by atoms with Crippen molar-refractivity contribution in [2.75, 3.05) is 0 Å². The largest absolute Gasteiger partial charge is 0.299 e. The number of carbonyl (C=O) groups excluding carboxylic acids is 1. The van der Waals surface area contributed by atoms with Crippen molar-refractivity contribution in [3.63, 3.8) is 0 Å². The van der Waals surface area contributed by atoms with Crippen LogP contribution in [0.1, 0.15) is 46.5 Å². The minimum absolute atomic E-state index is 0.389. The summed E-state index contributed by atoms with van der Waals surface area (Å²) >= 11 is 0.